The van der Waals surface area contributed by atoms with Crippen molar-refractivity contribution in [3.63, 3.8) is 0 Å². The van der Waals surface area contributed by atoms with Gasteiger partial charge in [-0.1, -0.05) is 135 Å². The van der Waals surface area contributed by atoms with Crippen LogP contribution in [-0.4, -0.2) is 0 Å². The molecule has 0 saturated carbocycles. The summed E-state index contributed by atoms with van der Waals surface area (Å²) >= 11 is 0. The molecular weight excluding hydrogens is 665 g/mol. The molecule has 0 saturated heterocycles. The Kier molecular flexibility index (Phi) is 7.81. The van der Waals surface area contributed by atoms with Crippen molar-refractivity contribution in [3.8, 4) is 33.4 Å². The fourth-order valence-electron chi connectivity index (χ4n) is 9.39. The zero-order valence-corrected chi connectivity index (χ0v) is 31.3. The molecule has 3 aliphatic rings. The Morgan fingerprint density at radius 2 is 1.04 bits per heavy atom. The molecule has 2 aliphatic carbocycles. The van der Waals surface area contributed by atoms with Gasteiger partial charge in [0.1, 0.15) is 0 Å². The Morgan fingerprint density at radius 1 is 0.491 bits per heavy atom. The van der Waals surface area contributed by atoms with Crippen LogP contribution in [0.4, 0.5) is 22.7 Å². The molecule has 1 spiro atoms. The van der Waals surface area contributed by atoms with Crippen LogP contribution in [0.2, 0.25) is 0 Å². The molecule has 8 aromatic rings. The van der Waals surface area contributed by atoms with E-state index in [-0.39, 0.29) is 0 Å². The number of nitrogens with zero attached hydrogens (tertiary/aromatic N) is 1. The highest BCUT2D eigenvalue weighted by molar-refractivity contribution is 5.98. The van der Waals surface area contributed by atoms with Gasteiger partial charge in [0.25, 0.3) is 0 Å². The number of hydrogen-bond acceptors (Lipinski definition) is 2. The second-order valence-electron chi connectivity index (χ2n) is 14.6. The molecule has 1 aliphatic heterocycles. The zero-order chi connectivity index (χ0) is 37.1. The monoisotopic (exact) mass is 706 g/mol. The Labute approximate surface area is 323 Å². The van der Waals surface area contributed by atoms with E-state index in [1.54, 1.807) is 0 Å². The average molecular weight is 707 g/mol. The molecular formula is C53H42N2. The van der Waals surface area contributed by atoms with Gasteiger partial charge in [0.2, 0.25) is 0 Å². The predicted octanol–water partition coefficient (Wildman–Crippen LogP) is 13.9. The number of para-hydroxylation sites is 2. The van der Waals surface area contributed by atoms with Gasteiger partial charge in [-0.2, -0.15) is 0 Å². The number of allylic oxidation sites excluding steroid dienone is 1. The van der Waals surface area contributed by atoms with E-state index in [0.29, 0.717) is 0 Å². The highest BCUT2D eigenvalue weighted by atomic mass is 15.2. The van der Waals surface area contributed by atoms with E-state index in [1.807, 2.05) is 26.0 Å². The van der Waals surface area contributed by atoms with Crippen LogP contribution in [-0.2, 0) is 11.8 Å². The molecule has 0 fully saturated rings. The minimum Gasteiger partial charge on any atom is -0.399 e. The van der Waals surface area contributed by atoms with Gasteiger partial charge in [-0.15, -0.1) is 0 Å². The summed E-state index contributed by atoms with van der Waals surface area (Å²) in [4.78, 5) is 2.42. The molecule has 2 N–H and O–H groups in total. The summed E-state index contributed by atoms with van der Waals surface area (Å²) in [7, 11) is 0. The third kappa shape index (κ3) is 5.02. The molecule has 264 valence electrons. The Balaban J connectivity index is 0.00000183. The van der Waals surface area contributed by atoms with Crippen molar-refractivity contribution in [2.75, 3.05) is 10.6 Å². The number of anilines is 4. The molecule has 2 nitrogen and oxygen atoms in total. The second kappa shape index (κ2) is 13.0. The number of benzene rings is 8. The summed E-state index contributed by atoms with van der Waals surface area (Å²) < 4.78 is 0. The predicted molar refractivity (Wildman–Crippen MR) is 233 cm³/mol. The standard InChI is InChI=1S/C51H36N2.C2H6/c52-41-23-25-42(26-24-41)53-49-15-7-5-13-45(49)51(46-14-6-8-16-50(46)53)47-31-39(37-19-17-33-9-1-3-11-35(33)29-37)21-27-43(47)44-28-22-40(32-48(44)51)38-20-18-34-10-2-4-12-36(34)30-38;1-2/h1,3-9,11-32H,2,10,52H2;1-2H3. The van der Waals surface area contributed by atoms with Crippen molar-refractivity contribution in [1.82, 2.24) is 0 Å². The van der Waals surface area contributed by atoms with Gasteiger partial charge in [0.15, 0.2) is 0 Å². The van der Waals surface area contributed by atoms with Crippen LogP contribution in [0.5, 0.6) is 0 Å². The fraction of sp³-hybridized carbons (Fsp3) is 0.0943. The van der Waals surface area contributed by atoms with E-state index >= 15 is 0 Å². The number of fused-ring (bicyclic) bond motifs is 11. The maximum absolute atomic E-state index is 6.22. The van der Waals surface area contributed by atoms with E-state index in [9.17, 15) is 0 Å². The summed E-state index contributed by atoms with van der Waals surface area (Å²) in [6.07, 6.45) is 6.81. The maximum atomic E-state index is 6.22. The SMILES string of the molecule is CC.Nc1ccc(N2c3ccccc3C3(c4cc(-c5ccc6c(c5)C=CCC6)ccc4-c4ccc(-c5ccc6ccccc6c5)cc43)c3ccccc32)cc1. The van der Waals surface area contributed by atoms with Crippen LogP contribution in [0.15, 0.2) is 176 Å². The number of nitrogen functional groups attached to an aromatic ring is 1. The Bertz CT molecular complexity index is 2760. The van der Waals surface area contributed by atoms with E-state index < -0.39 is 5.41 Å². The topological polar surface area (TPSA) is 29.3 Å². The summed E-state index contributed by atoms with van der Waals surface area (Å²) in [6.45, 7) is 4.00. The van der Waals surface area contributed by atoms with Gasteiger partial charge in [0.05, 0.1) is 16.8 Å². The van der Waals surface area contributed by atoms with Crippen LogP contribution in [0, 0.1) is 0 Å². The van der Waals surface area contributed by atoms with Crippen LogP contribution >= 0.6 is 0 Å². The van der Waals surface area contributed by atoms with Gasteiger partial charge in [-0.05, 0) is 151 Å². The van der Waals surface area contributed by atoms with Gasteiger partial charge in [0, 0.05) is 11.4 Å². The van der Waals surface area contributed by atoms with Gasteiger partial charge in [-0.25, -0.2) is 0 Å². The highest BCUT2D eigenvalue weighted by Crippen LogP contribution is 2.64. The second-order valence-corrected chi connectivity index (χ2v) is 14.6. The molecule has 0 atom stereocenters. The van der Waals surface area contributed by atoms with Crippen LogP contribution < -0.4 is 10.6 Å². The molecule has 55 heavy (non-hydrogen) atoms. The van der Waals surface area contributed by atoms with Gasteiger partial charge >= 0.3 is 0 Å². The third-order valence-electron chi connectivity index (χ3n) is 11.8. The van der Waals surface area contributed by atoms with Crippen LogP contribution in [0.3, 0.4) is 0 Å². The first-order valence-corrected chi connectivity index (χ1v) is 19.6. The lowest BCUT2D eigenvalue weighted by Gasteiger charge is -2.45. The van der Waals surface area contributed by atoms with Crippen molar-refractivity contribution < 1.29 is 0 Å². The first kappa shape index (κ1) is 33.0. The maximum Gasteiger partial charge on any atom is 0.0754 e. The lowest BCUT2D eigenvalue weighted by molar-refractivity contribution is 0.753. The molecule has 0 aromatic heterocycles. The fourth-order valence-corrected chi connectivity index (χ4v) is 9.39. The molecule has 2 heteroatoms. The van der Waals surface area contributed by atoms with Crippen molar-refractivity contribution in [1.29, 1.82) is 0 Å². The third-order valence-corrected chi connectivity index (χ3v) is 11.8. The summed E-state index contributed by atoms with van der Waals surface area (Å²) in [5, 5.41) is 2.50. The first-order valence-electron chi connectivity index (χ1n) is 19.6. The Morgan fingerprint density at radius 3 is 1.71 bits per heavy atom. The quantitative estimate of drug-likeness (QED) is 0.185. The first-order chi connectivity index (χ1) is 27.2. The van der Waals surface area contributed by atoms with E-state index in [4.69, 9.17) is 5.73 Å². The summed E-state index contributed by atoms with van der Waals surface area (Å²) in [5.41, 5.74) is 25.3. The van der Waals surface area contributed by atoms with E-state index in [2.05, 4.69) is 175 Å². The number of hydrogen-bond donors (Lipinski definition) is 1. The normalized spacial score (nSPS) is 14.0. The Hall–Kier alpha value is -6.64. The van der Waals surface area contributed by atoms with Gasteiger partial charge < -0.3 is 10.6 Å². The lowest BCUT2D eigenvalue weighted by Crippen LogP contribution is -2.36. The smallest absolute Gasteiger partial charge is 0.0754 e. The molecule has 0 radical (unpaired) electrons. The molecule has 11 rings (SSSR count). The highest BCUT2D eigenvalue weighted by Gasteiger charge is 2.52. The average Bonchev–Trinajstić information content (AvgIpc) is 3.54. The minimum atomic E-state index is -0.556. The van der Waals surface area contributed by atoms with Crippen molar-refractivity contribution in [2.24, 2.45) is 0 Å². The minimum absolute atomic E-state index is 0.556. The van der Waals surface area contributed by atoms with E-state index in [1.165, 1.54) is 88.9 Å². The van der Waals surface area contributed by atoms with Crippen molar-refractivity contribution in [3.05, 3.63) is 209 Å². The number of nitrogens with two attached hydrogens (primary N) is 1. The van der Waals surface area contributed by atoms with E-state index in [0.717, 1.165) is 24.2 Å². The number of rotatable bonds is 3. The van der Waals surface area contributed by atoms with Crippen molar-refractivity contribution in [2.45, 2.75) is 32.1 Å². The summed E-state index contributed by atoms with van der Waals surface area (Å²) in [5.74, 6) is 0. The van der Waals surface area contributed by atoms with Crippen LogP contribution in [0.25, 0.3) is 50.2 Å². The molecule has 8 aromatic carbocycles. The molecule has 0 unspecified atom stereocenters. The van der Waals surface area contributed by atoms with Crippen LogP contribution in [0.1, 0.15) is 53.6 Å². The largest absolute Gasteiger partial charge is 0.399 e. The summed E-state index contributed by atoms with van der Waals surface area (Å²) in [6, 6.07) is 63.2. The lowest BCUT2D eigenvalue weighted by atomic mass is 9.64. The molecule has 1 heterocycles. The molecule has 0 bridgehead atoms. The number of aryl methyl sites for hydroxylation is 1. The molecule has 0 amide bonds. The van der Waals surface area contributed by atoms with Crippen molar-refractivity contribution >= 4 is 39.6 Å². The zero-order valence-electron chi connectivity index (χ0n) is 31.3. The van der Waals surface area contributed by atoms with Gasteiger partial charge in [-0.3, -0.25) is 0 Å².